The number of aliphatic carboxylic acids is 1. The first kappa shape index (κ1) is 30.2. The highest BCUT2D eigenvalue weighted by molar-refractivity contribution is 7.18. The topological polar surface area (TPSA) is 128 Å². The van der Waals surface area contributed by atoms with Gasteiger partial charge in [0.2, 0.25) is 0 Å². The van der Waals surface area contributed by atoms with Crippen LogP contribution in [0.25, 0.3) is 10.4 Å². The summed E-state index contributed by atoms with van der Waals surface area (Å²) < 4.78 is 47.8. The molecule has 41 heavy (non-hydrogen) atoms. The molecule has 4 rings (SSSR count). The molecule has 0 spiro atoms. The maximum Gasteiger partial charge on any atom is 0.491 e. The molecule has 218 valence electrons. The molecule has 1 aliphatic heterocycles. The summed E-state index contributed by atoms with van der Waals surface area (Å²) in [6.45, 7) is 0.264. The SMILES string of the molecule is O=C(O)COc1c(C(=O)O)sc(-c2cccc(NC(C(=O)N(c3ccccc3)C(F)(F)F)C3CCNCC3)c2)c1Cl. The summed E-state index contributed by atoms with van der Waals surface area (Å²) in [6, 6.07) is 11.9. The van der Waals surface area contributed by atoms with Crippen LogP contribution in [0.1, 0.15) is 22.5 Å². The van der Waals surface area contributed by atoms with E-state index < -0.39 is 42.7 Å². The predicted octanol–water partition coefficient (Wildman–Crippen LogP) is 5.56. The summed E-state index contributed by atoms with van der Waals surface area (Å²) >= 11 is 7.15. The van der Waals surface area contributed by atoms with Crippen molar-refractivity contribution >= 4 is 52.2 Å². The number of hydrogen-bond acceptors (Lipinski definition) is 7. The van der Waals surface area contributed by atoms with Gasteiger partial charge in [-0.2, -0.15) is 0 Å². The molecule has 0 saturated carbocycles. The third-order valence-electron chi connectivity index (χ3n) is 6.40. The van der Waals surface area contributed by atoms with Crippen molar-refractivity contribution in [1.82, 2.24) is 5.32 Å². The number of para-hydroxylation sites is 1. The van der Waals surface area contributed by atoms with Gasteiger partial charge in [0.15, 0.2) is 17.2 Å². The minimum atomic E-state index is -4.97. The summed E-state index contributed by atoms with van der Waals surface area (Å²) in [7, 11) is 0. The number of anilines is 2. The minimum Gasteiger partial charge on any atom is -0.479 e. The molecule has 4 N–H and O–H groups in total. The average molecular weight is 612 g/mol. The quantitative estimate of drug-likeness (QED) is 0.219. The number of halogens is 4. The lowest BCUT2D eigenvalue weighted by atomic mass is 9.89. The lowest BCUT2D eigenvalue weighted by Crippen LogP contribution is -2.54. The van der Waals surface area contributed by atoms with Crippen LogP contribution >= 0.6 is 22.9 Å². The molecule has 9 nitrogen and oxygen atoms in total. The number of alkyl halides is 3. The number of aromatic carboxylic acids is 1. The number of nitrogens with zero attached hydrogens (tertiary/aromatic N) is 1. The number of piperidine rings is 1. The number of thiophene rings is 1. The van der Waals surface area contributed by atoms with E-state index in [2.05, 4.69) is 10.6 Å². The molecule has 3 aromatic rings. The van der Waals surface area contributed by atoms with Gasteiger partial charge in [-0.15, -0.1) is 24.5 Å². The first-order valence-electron chi connectivity index (χ1n) is 12.4. The van der Waals surface area contributed by atoms with E-state index in [1.54, 1.807) is 24.3 Å². The van der Waals surface area contributed by atoms with Gasteiger partial charge in [-0.1, -0.05) is 41.9 Å². The van der Waals surface area contributed by atoms with E-state index in [0.717, 1.165) is 11.3 Å². The summed E-state index contributed by atoms with van der Waals surface area (Å²) in [5.74, 6) is -4.57. The number of hydrogen-bond donors (Lipinski definition) is 4. The highest BCUT2D eigenvalue weighted by Gasteiger charge is 2.46. The van der Waals surface area contributed by atoms with Crippen LogP contribution in [0.2, 0.25) is 5.02 Å². The van der Waals surface area contributed by atoms with Gasteiger partial charge in [0.05, 0.1) is 10.6 Å². The zero-order chi connectivity index (χ0) is 29.7. The number of rotatable bonds is 10. The van der Waals surface area contributed by atoms with Crippen LogP contribution < -0.4 is 20.3 Å². The third-order valence-corrected chi connectivity index (χ3v) is 8.08. The molecule has 1 amide bonds. The van der Waals surface area contributed by atoms with Crippen LogP contribution in [0.5, 0.6) is 5.75 Å². The van der Waals surface area contributed by atoms with Crippen LogP contribution in [0, 0.1) is 5.92 Å². The van der Waals surface area contributed by atoms with E-state index in [1.807, 2.05) is 0 Å². The van der Waals surface area contributed by atoms with Crippen molar-refractivity contribution in [3.05, 3.63) is 64.5 Å². The number of nitrogens with one attached hydrogen (secondary N) is 2. The van der Waals surface area contributed by atoms with Gasteiger partial charge in [0.25, 0.3) is 5.91 Å². The molecule has 1 atom stereocenters. The Balaban J connectivity index is 1.70. The van der Waals surface area contributed by atoms with E-state index >= 15 is 0 Å². The Morgan fingerprint density at radius 2 is 1.78 bits per heavy atom. The number of carboxylic acids is 2. The second-order valence-electron chi connectivity index (χ2n) is 9.16. The lowest BCUT2D eigenvalue weighted by molar-refractivity contribution is -0.151. The first-order valence-corrected chi connectivity index (χ1v) is 13.6. The normalized spacial score (nSPS) is 14.7. The van der Waals surface area contributed by atoms with Gasteiger partial charge < -0.3 is 25.6 Å². The van der Waals surface area contributed by atoms with Crippen molar-refractivity contribution < 1.29 is 42.5 Å². The van der Waals surface area contributed by atoms with Crippen molar-refractivity contribution in [2.24, 2.45) is 5.92 Å². The summed E-state index contributed by atoms with van der Waals surface area (Å²) in [6.07, 6.45) is -4.05. The smallest absolute Gasteiger partial charge is 0.479 e. The molecule has 14 heteroatoms. The van der Waals surface area contributed by atoms with Crippen LogP contribution in [-0.4, -0.2) is 60.1 Å². The third kappa shape index (κ3) is 7.10. The standard InChI is InChI=1S/C27H25ClF3N3O6S/c28-20-22(40-14-19(35)36)24(26(38)39)41-23(20)16-5-4-6-17(13-16)33-21(15-9-11-32-12-10-15)25(37)34(27(29,30)31)18-7-2-1-3-8-18/h1-8,13,15,21,32-33H,9-12,14H2,(H,35,36)(H,38,39). The Labute approximate surface area is 241 Å². The fourth-order valence-electron chi connectivity index (χ4n) is 4.59. The summed E-state index contributed by atoms with van der Waals surface area (Å²) in [5, 5.41) is 24.5. The van der Waals surface area contributed by atoms with Gasteiger partial charge in [0, 0.05) is 5.69 Å². The van der Waals surface area contributed by atoms with Gasteiger partial charge in [-0.05, 0) is 61.7 Å². The largest absolute Gasteiger partial charge is 0.491 e. The maximum absolute atomic E-state index is 14.2. The van der Waals surface area contributed by atoms with Crippen molar-refractivity contribution in [3.8, 4) is 16.2 Å². The second kappa shape index (κ2) is 12.8. The predicted molar refractivity (Wildman–Crippen MR) is 148 cm³/mol. The second-order valence-corrected chi connectivity index (χ2v) is 10.6. The van der Waals surface area contributed by atoms with E-state index in [-0.39, 0.29) is 31.1 Å². The minimum absolute atomic E-state index is 0.121. The fourth-order valence-corrected chi connectivity index (χ4v) is 5.99. The molecule has 1 saturated heterocycles. The van der Waals surface area contributed by atoms with Crippen LogP contribution in [0.15, 0.2) is 54.6 Å². The molecule has 0 aliphatic carbocycles. The zero-order valence-corrected chi connectivity index (χ0v) is 22.9. The Kier molecular flexibility index (Phi) is 9.41. The first-order chi connectivity index (χ1) is 19.5. The van der Waals surface area contributed by atoms with Crippen molar-refractivity contribution in [2.75, 3.05) is 29.9 Å². The molecule has 2 aromatic carbocycles. The molecule has 0 radical (unpaired) electrons. The van der Waals surface area contributed by atoms with E-state index in [0.29, 0.717) is 37.2 Å². The summed E-state index contributed by atoms with van der Waals surface area (Å²) in [5.41, 5.74) is 0.397. The van der Waals surface area contributed by atoms with E-state index in [1.165, 1.54) is 30.3 Å². The molecule has 0 bridgehead atoms. The van der Waals surface area contributed by atoms with Crippen molar-refractivity contribution in [1.29, 1.82) is 0 Å². The fraction of sp³-hybridized carbons (Fsp3) is 0.296. The van der Waals surface area contributed by atoms with Gasteiger partial charge >= 0.3 is 18.2 Å². The molecule has 1 aromatic heterocycles. The number of carbonyl (C=O) groups is 3. The van der Waals surface area contributed by atoms with Gasteiger partial charge in [-0.25, -0.2) is 14.5 Å². The number of benzene rings is 2. The highest BCUT2D eigenvalue weighted by atomic mass is 35.5. The Morgan fingerprint density at radius 1 is 1.10 bits per heavy atom. The van der Waals surface area contributed by atoms with Gasteiger partial charge in [0.1, 0.15) is 11.1 Å². The number of carbonyl (C=O) groups excluding carboxylic acids is 1. The van der Waals surface area contributed by atoms with E-state index in [9.17, 15) is 32.7 Å². The lowest BCUT2D eigenvalue weighted by Gasteiger charge is -2.35. The number of ether oxygens (including phenoxy) is 1. The molecule has 1 fully saturated rings. The Morgan fingerprint density at radius 3 is 2.39 bits per heavy atom. The Bertz CT molecular complexity index is 1410. The van der Waals surface area contributed by atoms with Crippen LogP contribution in [-0.2, 0) is 9.59 Å². The van der Waals surface area contributed by atoms with Gasteiger partial charge in [-0.3, -0.25) is 4.79 Å². The number of amides is 1. The van der Waals surface area contributed by atoms with E-state index in [4.69, 9.17) is 21.4 Å². The molecule has 1 unspecified atom stereocenters. The van der Waals surface area contributed by atoms with Crippen molar-refractivity contribution in [2.45, 2.75) is 25.2 Å². The van der Waals surface area contributed by atoms with Crippen LogP contribution in [0.4, 0.5) is 24.5 Å². The molecular weight excluding hydrogens is 587 g/mol. The maximum atomic E-state index is 14.2. The molecular formula is C27H25ClF3N3O6S. The number of carboxylic acid groups (broad SMARTS) is 2. The molecule has 1 aliphatic rings. The van der Waals surface area contributed by atoms with Crippen molar-refractivity contribution in [3.63, 3.8) is 0 Å². The average Bonchev–Trinajstić information content (AvgIpc) is 3.27. The monoisotopic (exact) mass is 611 g/mol. The molecule has 2 heterocycles. The highest BCUT2D eigenvalue weighted by Crippen LogP contribution is 2.46. The summed E-state index contributed by atoms with van der Waals surface area (Å²) in [4.78, 5) is 36.1. The Hall–Kier alpha value is -3.81. The van der Waals surface area contributed by atoms with Crippen LogP contribution in [0.3, 0.4) is 0 Å². The zero-order valence-electron chi connectivity index (χ0n) is 21.3.